The van der Waals surface area contributed by atoms with E-state index < -0.39 is 0 Å². The van der Waals surface area contributed by atoms with Crippen LogP contribution in [0.5, 0.6) is 5.75 Å². The third-order valence-electron chi connectivity index (χ3n) is 11.6. The fourth-order valence-corrected chi connectivity index (χ4v) is 9.57. The third-order valence-corrected chi connectivity index (χ3v) is 11.6. The predicted molar refractivity (Wildman–Crippen MR) is 164 cm³/mol. The summed E-state index contributed by atoms with van der Waals surface area (Å²) in [6, 6.07) is 5.64. The van der Waals surface area contributed by atoms with Gasteiger partial charge in [0, 0.05) is 5.69 Å². The number of nitrogen functional groups attached to an aromatic ring is 2. The second-order valence-corrected chi connectivity index (χ2v) is 14.1. The average molecular weight is 523 g/mol. The molecule has 9 unspecified atom stereocenters. The molecule has 1 aromatic carbocycles. The van der Waals surface area contributed by atoms with Gasteiger partial charge in [-0.3, -0.25) is 0 Å². The number of hydrogen-bond donors (Lipinski definition) is 2. The lowest BCUT2D eigenvalue weighted by Gasteiger charge is -2.59. The number of ether oxygens (including phenoxy) is 1. The van der Waals surface area contributed by atoms with Crippen molar-refractivity contribution in [2.75, 3.05) is 11.5 Å². The molecule has 0 amide bonds. The van der Waals surface area contributed by atoms with Crippen LogP contribution in [-0.2, 0) is 0 Å². The van der Waals surface area contributed by atoms with E-state index in [0.29, 0.717) is 28.1 Å². The number of allylic oxidation sites excluding steroid dienone is 2. The number of fused-ring (bicyclic) bond motifs is 5. The van der Waals surface area contributed by atoms with Gasteiger partial charge in [-0.1, -0.05) is 79.9 Å². The van der Waals surface area contributed by atoms with Crippen molar-refractivity contribution in [3.63, 3.8) is 0 Å². The smallest absolute Gasteiger partial charge is 0.142 e. The highest BCUT2D eigenvalue weighted by molar-refractivity contribution is 5.60. The summed E-state index contributed by atoms with van der Waals surface area (Å²) in [6.45, 7) is 16.6. The van der Waals surface area contributed by atoms with Crippen LogP contribution in [0, 0.1) is 52.3 Å². The summed E-state index contributed by atoms with van der Waals surface area (Å²) >= 11 is 0. The quantitative estimate of drug-likeness (QED) is 0.277. The fraction of sp³-hybridized carbons (Fsp3) is 0.771. The van der Waals surface area contributed by atoms with E-state index in [-0.39, 0.29) is 6.10 Å². The summed E-state index contributed by atoms with van der Waals surface area (Å²) in [7, 11) is 0. The monoisotopic (exact) mass is 522 g/mol. The molecule has 0 spiro atoms. The Morgan fingerprint density at radius 2 is 1.61 bits per heavy atom. The minimum atomic E-state index is 0.242. The molecular weight excluding hydrogens is 464 g/mol. The third kappa shape index (κ3) is 5.50. The zero-order valence-electron chi connectivity index (χ0n) is 25.6. The molecule has 3 nitrogen and oxygen atoms in total. The minimum Gasteiger partial charge on any atom is -0.488 e. The van der Waals surface area contributed by atoms with Crippen LogP contribution in [0.1, 0.15) is 113 Å². The van der Waals surface area contributed by atoms with Crippen LogP contribution in [0.25, 0.3) is 0 Å². The highest BCUT2D eigenvalue weighted by atomic mass is 16.5. The van der Waals surface area contributed by atoms with Gasteiger partial charge in [0.25, 0.3) is 0 Å². The first-order valence-corrected chi connectivity index (χ1v) is 16.1. The summed E-state index contributed by atoms with van der Waals surface area (Å²) in [5.74, 6) is 6.54. The molecule has 0 bridgehead atoms. The van der Waals surface area contributed by atoms with Crippen LogP contribution in [0.2, 0.25) is 0 Å². The standard InChI is InChI=1S/C33H52N2O.C2H6/c1-21(2)7-6-8-22(3)27-12-13-28-26-11-9-23-19-25(36-31-14-10-24(34)20-30(31)35)15-17-32(23,4)29(26)16-18-33(27,28)5;1-2/h9-11,14,20-23,25-29H,6-8,12-13,15-19,34-35H2,1-5H3;1-2H3. The van der Waals surface area contributed by atoms with Crippen LogP contribution >= 0.6 is 0 Å². The van der Waals surface area contributed by atoms with E-state index in [1.165, 1.54) is 51.4 Å². The molecule has 0 aromatic heterocycles. The van der Waals surface area contributed by atoms with Gasteiger partial charge in [-0.25, -0.2) is 0 Å². The number of anilines is 2. The molecule has 4 aliphatic carbocycles. The van der Waals surface area contributed by atoms with Gasteiger partial charge >= 0.3 is 0 Å². The molecule has 3 heteroatoms. The molecule has 0 radical (unpaired) electrons. The largest absolute Gasteiger partial charge is 0.488 e. The second-order valence-electron chi connectivity index (χ2n) is 14.1. The Bertz CT molecular complexity index is 955. The van der Waals surface area contributed by atoms with Gasteiger partial charge in [0.1, 0.15) is 5.75 Å². The van der Waals surface area contributed by atoms with Crippen LogP contribution in [0.15, 0.2) is 30.4 Å². The highest BCUT2D eigenvalue weighted by Crippen LogP contribution is 2.67. The van der Waals surface area contributed by atoms with E-state index in [4.69, 9.17) is 16.2 Å². The minimum absolute atomic E-state index is 0.242. The van der Waals surface area contributed by atoms with Crippen molar-refractivity contribution in [1.82, 2.24) is 0 Å². The van der Waals surface area contributed by atoms with Gasteiger partial charge < -0.3 is 16.2 Å². The summed E-state index contributed by atoms with van der Waals surface area (Å²) in [5, 5.41) is 0. The Balaban J connectivity index is 0.00000164. The molecule has 214 valence electrons. The highest BCUT2D eigenvalue weighted by Gasteiger charge is 2.59. The summed E-state index contributed by atoms with van der Waals surface area (Å²) in [5.41, 5.74) is 14.4. The number of nitrogens with two attached hydrogens (primary N) is 2. The molecule has 0 saturated heterocycles. The van der Waals surface area contributed by atoms with Gasteiger partial charge in [-0.05, 0) is 115 Å². The fourth-order valence-electron chi connectivity index (χ4n) is 9.57. The van der Waals surface area contributed by atoms with Crippen molar-refractivity contribution in [2.45, 2.75) is 119 Å². The summed E-state index contributed by atoms with van der Waals surface area (Å²) in [4.78, 5) is 0. The van der Waals surface area contributed by atoms with Gasteiger partial charge in [-0.15, -0.1) is 0 Å². The van der Waals surface area contributed by atoms with Gasteiger partial charge in [0.15, 0.2) is 0 Å². The van der Waals surface area contributed by atoms with Crippen molar-refractivity contribution in [3.05, 3.63) is 30.4 Å². The first-order chi connectivity index (χ1) is 18.1. The van der Waals surface area contributed by atoms with Crippen molar-refractivity contribution in [2.24, 2.45) is 52.3 Å². The van der Waals surface area contributed by atoms with Crippen LogP contribution in [-0.4, -0.2) is 6.10 Å². The zero-order chi connectivity index (χ0) is 27.7. The normalized spacial score (nSPS) is 38.4. The molecular formula is C35H58N2O. The van der Waals surface area contributed by atoms with Crippen molar-refractivity contribution < 1.29 is 4.74 Å². The zero-order valence-corrected chi connectivity index (χ0v) is 25.6. The molecule has 5 rings (SSSR count). The molecule has 3 saturated carbocycles. The molecule has 0 heterocycles. The Kier molecular flexibility index (Phi) is 9.15. The predicted octanol–water partition coefficient (Wildman–Crippen LogP) is 9.52. The SMILES string of the molecule is CC.CC(C)CCCC(C)C1CCC2C3C=CC4CC(Oc5ccc(N)cc5N)CCC4(C)C3CCC12C. The number of hydrogen-bond acceptors (Lipinski definition) is 3. The number of rotatable bonds is 7. The maximum Gasteiger partial charge on any atom is 0.142 e. The summed E-state index contributed by atoms with van der Waals surface area (Å²) in [6.07, 6.45) is 19.0. The van der Waals surface area contributed by atoms with E-state index in [0.717, 1.165) is 54.1 Å². The topological polar surface area (TPSA) is 61.3 Å². The second kappa shape index (κ2) is 11.8. The van der Waals surface area contributed by atoms with Crippen molar-refractivity contribution in [3.8, 4) is 5.75 Å². The molecule has 3 fully saturated rings. The van der Waals surface area contributed by atoms with E-state index in [9.17, 15) is 0 Å². The lowest BCUT2D eigenvalue weighted by Crippen LogP contribution is -2.52. The summed E-state index contributed by atoms with van der Waals surface area (Å²) < 4.78 is 6.43. The molecule has 38 heavy (non-hydrogen) atoms. The Labute approximate surface area is 234 Å². The van der Waals surface area contributed by atoms with Crippen LogP contribution < -0.4 is 16.2 Å². The maximum atomic E-state index is 6.43. The first kappa shape index (κ1) is 29.3. The molecule has 4 aliphatic rings. The van der Waals surface area contributed by atoms with Crippen molar-refractivity contribution in [1.29, 1.82) is 0 Å². The van der Waals surface area contributed by atoms with E-state index >= 15 is 0 Å². The van der Waals surface area contributed by atoms with Gasteiger partial charge in [0.05, 0.1) is 11.8 Å². The van der Waals surface area contributed by atoms with E-state index in [1.807, 2.05) is 32.0 Å². The Morgan fingerprint density at radius 1 is 0.895 bits per heavy atom. The van der Waals surface area contributed by atoms with Gasteiger partial charge in [0.2, 0.25) is 0 Å². The maximum absolute atomic E-state index is 6.43. The average Bonchev–Trinajstić information content (AvgIpc) is 3.24. The molecule has 1 aromatic rings. The number of benzene rings is 1. The van der Waals surface area contributed by atoms with Crippen molar-refractivity contribution >= 4 is 11.4 Å². The van der Waals surface area contributed by atoms with Gasteiger partial charge in [-0.2, -0.15) is 0 Å². The first-order valence-electron chi connectivity index (χ1n) is 16.1. The molecule has 4 N–H and O–H groups in total. The lowest BCUT2D eigenvalue weighted by atomic mass is 9.46. The van der Waals surface area contributed by atoms with E-state index in [2.05, 4.69) is 46.8 Å². The van der Waals surface area contributed by atoms with Crippen LogP contribution in [0.4, 0.5) is 11.4 Å². The Morgan fingerprint density at radius 3 is 2.32 bits per heavy atom. The van der Waals surface area contributed by atoms with Crippen LogP contribution in [0.3, 0.4) is 0 Å². The molecule has 0 aliphatic heterocycles. The lowest BCUT2D eigenvalue weighted by molar-refractivity contribution is -0.0782. The Hall–Kier alpha value is -1.64. The molecule has 9 atom stereocenters. The van der Waals surface area contributed by atoms with E-state index in [1.54, 1.807) is 0 Å².